The fourth-order valence-electron chi connectivity index (χ4n) is 2.13. The van der Waals surface area contributed by atoms with Gasteiger partial charge in [-0.25, -0.2) is 0 Å². The number of rotatable bonds is 3. The Morgan fingerprint density at radius 1 is 1.29 bits per heavy atom. The van der Waals surface area contributed by atoms with Crippen molar-refractivity contribution in [2.75, 3.05) is 6.26 Å². The standard InChI is InChI=1S/C13H12ClNOS/c1-17-13-7-12(16-15-13)11-6-10(11)8-2-4-9(14)5-3-8/h2-5,7,10-11H,6H2,1H3. The van der Waals surface area contributed by atoms with Crippen molar-refractivity contribution in [3.63, 3.8) is 0 Å². The molecule has 88 valence electrons. The van der Waals surface area contributed by atoms with Crippen molar-refractivity contribution in [3.05, 3.63) is 46.7 Å². The first-order valence-electron chi connectivity index (χ1n) is 5.54. The van der Waals surface area contributed by atoms with Gasteiger partial charge in [-0.3, -0.25) is 0 Å². The van der Waals surface area contributed by atoms with Gasteiger partial charge in [-0.15, -0.1) is 11.8 Å². The summed E-state index contributed by atoms with van der Waals surface area (Å²) in [6, 6.07) is 10.1. The van der Waals surface area contributed by atoms with Crippen LogP contribution in [0.4, 0.5) is 0 Å². The molecule has 0 radical (unpaired) electrons. The van der Waals surface area contributed by atoms with Crippen molar-refractivity contribution in [2.45, 2.75) is 23.3 Å². The van der Waals surface area contributed by atoms with E-state index in [1.807, 2.05) is 24.5 Å². The maximum Gasteiger partial charge on any atom is 0.141 e. The van der Waals surface area contributed by atoms with Crippen LogP contribution in [0.25, 0.3) is 0 Å². The van der Waals surface area contributed by atoms with Crippen molar-refractivity contribution in [2.24, 2.45) is 0 Å². The van der Waals surface area contributed by atoms with Crippen molar-refractivity contribution in [3.8, 4) is 0 Å². The molecule has 2 aromatic rings. The van der Waals surface area contributed by atoms with E-state index in [1.54, 1.807) is 11.8 Å². The van der Waals surface area contributed by atoms with Gasteiger partial charge in [0.05, 0.1) is 0 Å². The zero-order valence-corrected chi connectivity index (χ0v) is 11.0. The molecule has 1 aromatic carbocycles. The van der Waals surface area contributed by atoms with Gasteiger partial charge >= 0.3 is 0 Å². The molecule has 1 heterocycles. The first-order chi connectivity index (χ1) is 8.28. The molecule has 3 rings (SSSR count). The molecule has 4 heteroatoms. The topological polar surface area (TPSA) is 26.0 Å². The van der Waals surface area contributed by atoms with E-state index in [4.69, 9.17) is 16.1 Å². The average molecular weight is 266 g/mol. The fourth-order valence-corrected chi connectivity index (χ4v) is 2.60. The van der Waals surface area contributed by atoms with Gasteiger partial charge in [0.25, 0.3) is 0 Å². The molecule has 1 aliphatic carbocycles. The molecule has 17 heavy (non-hydrogen) atoms. The molecule has 0 spiro atoms. The van der Waals surface area contributed by atoms with Crippen LogP contribution in [0, 0.1) is 0 Å². The maximum absolute atomic E-state index is 5.88. The molecule has 1 fully saturated rings. The third-order valence-corrected chi connectivity index (χ3v) is 4.03. The number of halogens is 1. The summed E-state index contributed by atoms with van der Waals surface area (Å²) in [7, 11) is 0. The van der Waals surface area contributed by atoms with Gasteiger partial charge < -0.3 is 4.52 Å². The minimum Gasteiger partial charge on any atom is -0.360 e. The Bertz CT molecular complexity index is 522. The zero-order valence-electron chi connectivity index (χ0n) is 9.39. The predicted octanol–water partition coefficient (Wildman–Crippen LogP) is 4.32. The summed E-state index contributed by atoms with van der Waals surface area (Å²) in [5.41, 5.74) is 1.33. The van der Waals surface area contributed by atoms with Gasteiger partial charge in [0, 0.05) is 17.0 Å². The summed E-state index contributed by atoms with van der Waals surface area (Å²) in [5, 5.41) is 5.75. The summed E-state index contributed by atoms with van der Waals surface area (Å²) in [6.07, 6.45) is 3.15. The fraction of sp³-hybridized carbons (Fsp3) is 0.308. The minimum absolute atomic E-state index is 0.490. The SMILES string of the molecule is CSc1cc(C2CC2c2ccc(Cl)cc2)on1. The summed E-state index contributed by atoms with van der Waals surface area (Å²) in [6.45, 7) is 0. The number of benzene rings is 1. The van der Waals surface area contributed by atoms with E-state index in [-0.39, 0.29) is 0 Å². The van der Waals surface area contributed by atoms with Gasteiger partial charge in [-0.2, -0.15) is 0 Å². The monoisotopic (exact) mass is 265 g/mol. The normalized spacial score (nSPS) is 22.7. The van der Waals surface area contributed by atoms with E-state index in [0.717, 1.165) is 22.2 Å². The lowest BCUT2D eigenvalue weighted by Gasteiger charge is -1.98. The Labute approximate surface area is 109 Å². The summed E-state index contributed by atoms with van der Waals surface area (Å²) < 4.78 is 5.36. The lowest BCUT2D eigenvalue weighted by Crippen LogP contribution is -1.81. The Morgan fingerprint density at radius 2 is 2.06 bits per heavy atom. The second kappa shape index (κ2) is 4.39. The molecule has 0 saturated heterocycles. The lowest BCUT2D eigenvalue weighted by atomic mass is 10.1. The first kappa shape index (κ1) is 11.2. The molecule has 1 aromatic heterocycles. The third-order valence-electron chi connectivity index (χ3n) is 3.17. The average Bonchev–Trinajstić information content (AvgIpc) is 3.00. The number of nitrogens with zero attached hydrogens (tertiary/aromatic N) is 1. The summed E-state index contributed by atoms with van der Waals surface area (Å²) >= 11 is 7.49. The molecule has 2 atom stereocenters. The highest BCUT2D eigenvalue weighted by molar-refractivity contribution is 7.98. The van der Waals surface area contributed by atoms with Crippen LogP contribution < -0.4 is 0 Å². The van der Waals surface area contributed by atoms with E-state index in [1.165, 1.54) is 5.56 Å². The highest BCUT2D eigenvalue weighted by atomic mass is 35.5. The number of thioether (sulfide) groups is 1. The van der Waals surface area contributed by atoms with Crippen molar-refractivity contribution < 1.29 is 4.52 Å². The van der Waals surface area contributed by atoms with Gasteiger partial charge in [-0.1, -0.05) is 28.9 Å². The van der Waals surface area contributed by atoms with Gasteiger partial charge in [-0.05, 0) is 36.3 Å². The number of hydrogen-bond donors (Lipinski definition) is 0. The van der Waals surface area contributed by atoms with Crippen molar-refractivity contribution in [1.82, 2.24) is 5.16 Å². The number of aromatic nitrogens is 1. The van der Waals surface area contributed by atoms with E-state index in [9.17, 15) is 0 Å². The quantitative estimate of drug-likeness (QED) is 0.773. The third kappa shape index (κ3) is 2.22. The van der Waals surface area contributed by atoms with E-state index in [2.05, 4.69) is 17.3 Å². The largest absolute Gasteiger partial charge is 0.360 e. The van der Waals surface area contributed by atoms with Crippen LogP contribution in [0.3, 0.4) is 0 Å². The zero-order chi connectivity index (χ0) is 11.8. The predicted molar refractivity (Wildman–Crippen MR) is 69.8 cm³/mol. The van der Waals surface area contributed by atoms with Gasteiger partial charge in [0.15, 0.2) is 0 Å². The first-order valence-corrected chi connectivity index (χ1v) is 7.14. The summed E-state index contributed by atoms with van der Waals surface area (Å²) in [5.74, 6) is 2.06. The molecule has 2 unspecified atom stereocenters. The lowest BCUT2D eigenvalue weighted by molar-refractivity contribution is 0.370. The van der Waals surface area contributed by atoms with Crippen LogP contribution in [-0.4, -0.2) is 11.4 Å². The molecule has 0 amide bonds. The molecule has 0 bridgehead atoms. The van der Waals surface area contributed by atoms with Crippen LogP contribution >= 0.6 is 23.4 Å². The summed E-state index contributed by atoms with van der Waals surface area (Å²) in [4.78, 5) is 0. The highest BCUT2D eigenvalue weighted by Gasteiger charge is 2.42. The van der Waals surface area contributed by atoms with Gasteiger partial charge in [0.2, 0.25) is 0 Å². The molecular weight excluding hydrogens is 254 g/mol. The van der Waals surface area contributed by atoms with Crippen molar-refractivity contribution >= 4 is 23.4 Å². The van der Waals surface area contributed by atoms with Crippen LogP contribution in [-0.2, 0) is 0 Å². The Hall–Kier alpha value is -0.930. The van der Waals surface area contributed by atoms with E-state index in [0.29, 0.717) is 11.8 Å². The van der Waals surface area contributed by atoms with Crippen LogP contribution in [0.5, 0.6) is 0 Å². The van der Waals surface area contributed by atoms with Crippen molar-refractivity contribution in [1.29, 1.82) is 0 Å². The second-order valence-corrected chi connectivity index (χ2v) is 5.53. The molecular formula is C13H12ClNOS. The molecule has 0 N–H and O–H groups in total. The van der Waals surface area contributed by atoms with Gasteiger partial charge in [0.1, 0.15) is 10.8 Å². The highest BCUT2D eigenvalue weighted by Crippen LogP contribution is 2.54. The van der Waals surface area contributed by atoms with E-state index < -0.39 is 0 Å². The molecule has 0 aliphatic heterocycles. The molecule has 2 nitrogen and oxygen atoms in total. The minimum atomic E-state index is 0.490. The smallest absolute Gasteiger partial charge is 0.141 e. The van der Waals surface area contributed by atoms with Crippen LogP contribution in [0.15, 0.2) is 39.9 Å². The Balaban J connectivity index is 1.75. The molecule has 1 aliphatic rings. The maximum atomic E-state index is 5.88. The Morgan fingerprint density at radius 3 is 2.71 bits per heavy atom. The van der Waals surface area contributed by atoms with Crippen LogP contribution in [0.2, 0.25) is 5.02 Å². The van der Waals surface area contributed by atoms with Crippen LogP contribution in [0.1, 0.15) is 29.6 Å². The van der Waals surface area contributed by atoms with E-state index >= 15 is 0 Å². The molecule has 1 saturated carbocycles. The second-order valence-electron chi connectivity index (χ2n) is 4.27. The number of hydrogen-bond acceptors (Lipinski definition) is 3. The Kier molecular flexibility index (Phi) is 2.89.